The summed E-state index contributed by atoms with van der Waals surface area (Å²) in [7, 11) is 0. The second-order valence-electron chi connectivity index (χ2n) is 2.38. The summed E-state index contributed by atoms with van der Waals surface area (Å²) in [6, 6.07) is 0. The molecule has 0 saturated heterocycles. The van der Waals surface area contributed by atoms with Crippen molar-refractivity contribution in [2.45, 2.75) is 32.6 Å². The zero-order valence-corrected chi connectivity index (χ0v) is 9.66. The van der Waals surface area contributed by atoms with Crippen LogP contribution in [-0.2, 0) is 39.1 Å². The largest absolute Gasteiger partial charge is 0.358 e. The average molecular weight is 227 g/mol. The Morgan fingerprint density at radius 3 is 2.82 bits per heavy atom. The molecule has 0 N–H and O–H groups in total. The van der Waals surface area contributed by atoms with E-state index < -0.39 is 0 Å². The van der Waals surface area contributed by atoms with Crippen molar-refractivity contribution in [1.82, 2.24) is 15.4 Å². The maximum absolute atomic E-state index is 3.83. The second-order valence-corrected chi connectivity index (χ2v) is 2.38. The standard InChI is InChI=1S/C7H12N3.Y/c1-2-3-4-5-7-6-8-10-9-7;/h6H,2-5H2,1H3;/q-1;. The third-order valence-corrected chi connectivity index (χ3v) is 1.47. The van der Waals surface area contributed by atoms with Crippen LogP contribution in [0.1, 0.15) is 31.9 Å². The van der Waals surface area contributed by atoms with Gasteiger partial charge < -0.3 is 10.2 Å². The maximum atomic E-state index is 3.83. The van der Waals surface area contributed by atoms with Crippen LogP contribution in [0.15, 0.2) is 6.20 Å². The van der Waals surface area contributed by atoms with Crippen LogP contribution >= 0.6 is 0 Å². The summed E-state index contributed by atoms with van der Waals surface area (Å²) in [4.78, 5) is 0. The normalized spacial score (nSPS) is 9.18. The van der Waals surface area contributed by atoms with E-state index in [1.54, 1.807) is 6.20 Å². The van der Waals surface area contributed by atoms with E-state index in [0.717, 1.165) is 12.1 Å². The molecule has 1 radical (unpaired) electrons. The molecule has 1 rings (SSSR count). The molecule has 0 aliphatic carbocycles. The van der Waals surface area contributed by atoms with Crippen LogP contribution in [0.5, 0.6) is 0 Å². The van der Waals surface area contributed by atoms with E-state index in [0.29, 0.717) is 0 Å². The van der Waals surface area contributed by atoms with Gasteiger partial charge in [-0.25, -0.2) is 0 Å². The van der Waals surface area contributed by atoms with E-state index in [-0.39, 0.29) is 32.7 Å². The molecule has 4 heteroatoms. The van der Waals surface area contributed by atoms with Crippen LogP contribution in [0.25, 0.3) is 0 Å². The molecule has 0 unspecified atom stereocenters. The average Bonchev–Trinajstić information content (AvgIpc) is 2.41. The van der Waals surface area contributed by atoms with Crippen molar-refractivity contribution in [3.8, 4) is 0 Å². The zero-order valence-electron chi connectivity index (χ0n) is 6.82. The Labute approximate surface area is 92.2 Å². The van der Waals surface area contributed by atoms with Gasteiger partial charge in [-0.1, -0.05) is 31.7 Å². The minimum atomic E-state index is 0. The minimum Gasteiger partial charge on any atom is -0.358 e. The Bertz CT molecular complexity index is 162. The Morgan fingerprint density at radius 1 is 1.45 bits per heavy atom. The molecule has 0 aliphatic rings. The Hall–Kier alpha value is 0.244. The third kappa shape index (κ3) is 4.64. The molecule has 0 spiro atoms. The number of nitrogens with zero attached hydrogens (tertiary/aromatic N) is 3. The Balaban J connectivity index is 0.000001000. The first-order valence-electron chi connectivity index (χ1n) is 3.73. The van der Waals surface area contributed by atoms with Gasteiger partial charge >= 0.3 is 0 Å². The summed E-state index contributed by atoms with van der Waals surface area (Å²) in [6.45, 7) is 2.19. The molecule has 0 atom stereocenters. The van der Waals surface area contributed by atoms with Gasteiger partial charge in [0.15, 0.2) is 0 Å². The van der Waals surface area contributed by atoms with E-state index in [9.17, 15) is 0 Å². The molecule has 59 valence electrons. The van der Waals surface area contributed by atoms with Gasteiger partial charge in [-0.2, -0.15) is 0 Å². The molecule has 1 aromatic heterocycles. The van der Waals surface area contributed by atoms with Crippen molar-refractivity contribution >= 4 is 0 Å². The smallest absolute Gasteiger partial charge is 0 e. The van der Waals surface area contributed by atoms with E-state index in [1.165, 1.54) is 19.3 Å². The van der Waals surface area contributed by atoms with Crippen molar-refractivity contribution in [3.63, 3.8) is 0 Å². The van der Waals surface area contributed by atoms with Gasteiger partial charge in [-0.05, 0) is 12.8 Å². The van der Waals surface area contributed by atoms with Gasteiger partial charge in [-0.3, -0.25) is 5.21 Å². The molecule has 1 heterocycles. The first kappa shape index (κ1) is 11.2. The van der Waals surface area contributed by atoms with E-state index in [2.05, 4.69) is 22.3 Å². The predicted molar refractivity (Wildman–Crippen MR) is 38.6 cm³/mol. The van der Waals surface area contributed by atoms with E-state index in [1.807, 2.05) is 0 Å². The molecule has 0 aliphatic heterocycles. The summed E-state index contributed by atoms with van der Waals surface area (Å²) < 4.78 is 0. The SMILES string of the molecule is CCCCCc1c[n-]nn1.[Y]. The van der Waals surface area contributed by atoms with Gasteiger partial charge in [0.1, 0.15) is 0 Å². The monoisotopic (exact) mass is 227 g/mol. The number of hydrogen-bond donors (Lipinski definition) is 0. The van der Waals surface area contributed by atoms with Crippen molar-refractivity contribution in [3.05, 3.63) is 11.9 Å². The van der Waals surface area contributed by atoms with E-state index in [4.69, 9.17) is 0 Å². The van der Waals surface area contributed by atoms with Crippen molar-refractivity contribution in [2.24, 2.45) is 0 Å². The van der Waals surface area contributed by atoms with Crippen molar-refractivity contribution in [2.75, 3.05) is 0 Å². The topological polar surface area (TPSA) is 39.9 Å². The maximum Gasteiger partial charge on any atom is 0 e. The summed E-state index contributed by atoms with van der Waals surface area (Å²) in [5.74, 6) is 0. The van der Waals surface area contributed by atoms with Crippen molar-refractivity contribution in [1.29, 1.82) is 0 Å². The van der Waals surface area contributed by atoms with Crippen molar-refractivity contribution < 1.29 is 32.7 Å². The van der Waals surface area contributed by atoms with Crippen LogP contribution < -0.4 is 5.10 Å². The van der Waals surface area contributed by atoms with Gasteiger partial charge in [-0.15, -0.1) is 0 Å². The summed E-state index contributed by atoms with van der Waals surface area (Å²) in [5, 5.41) is 11.0. The molecule has 0 bridgehead atoms. The number of hydrogen-bond acceptors (Lipinski definition) is 2. The van der Waals surface area contributed by atoms with Crippen LogP contribution in [0.3, 0.4) is 0 Å². The number of aromatic nitrogens is 3. The predicted octanol–water partition coefficient (Wildman–Crippen LogP) is 1.16. The molecule has 0 saturated carbocycles. The summed E-state index contributed by atoms with van der Waals surface area (Å²) in [5.41, 5.74) is 1.02. The van der Waals surface area contributed by atoms with Gasteiger partial charge in [0.2, 0.25) is 0 Å². The quantitative estimate of drug-likeness (QED) is 0.724. The first-order valence-corrected chi connectivity index (χ1v) is 3.73. The number of rotatable bonds is 4. The van der Waals surface area contributed by atoms with Crippen LogP contribution in [0.2, 0.25) is 0 Å². The minimum absolute atomic E-state index is 0. The summed E-state index contributed by atoms with van der Waals surface area (Å²) in [6.07, 6.45) is 6.49. The van der Waals surface area contributed by atoms with Crippen LogP contribution in [0, 0.1) is 0 Å². The summed E-state index contributed by atoms with van der Waals surface area (Å²) >= 11 is 0. The molecular weight excluding hydrogens is 215 g/mol. The second kappa shape index (κ2) is 6.92. The molecular formula is C7H12N3Y-. The molecule has 0 fully saturated rings. The zero-order chi connectivity index (χ0) is 7.23. The van der Waals surface area contributed by atoms with Gasteiger partial charge in [0.25, 0.3) is 0 Å². The molecule has 11 heavy (non-hydrogen) atoms. The fourth-order valence-corrected chi connectivity index (χ4v) is 0.872. The molecule has 1 aromatic rings. The van der Waals surface area contributed by atoms with Gasteiger partial charge in [0.05, 0.1) is 0 Å². The Morgan fingerprint density at radius 2 is 2.27 bits per heavy atom. The Kier molecular flexibility index (Phi) is 7.08. The number of unbranched alkanes of at least 4 members (excludes halogenated alkanes) is 2. The first-order chi connectivity index (χ1) is 4.93. The molecule has 3 nitrogen and oxygen atoms in total. The molecule has 0 aromatic carbocycles. The van der Waals surface area contributed by atoms with E-state index >= 15 is 0 Å². The number of aryl methyl sites for hydroxylation is 1. The fraction of sp³-hybridized carbons (Fsp3) is 0.714. The van der Waals surface area contributed by atoms with Crippen LogP contribution in [-0.4, -0.2) is 10.3 Å². The molecule has 0 amide bonds. The van der Waals surface area contributed by atoms with Gasteiger partial charge in [0, 0.05) is 32.7 Å². The van der Waals surface area contributed by atoms with Crippen LogP contribution in [0.4, 0.5) is 0 Å². The fourth-order valence-electron chi connectivity index (χ4n) is 0.872. The third-order valence-electron chi connectivity index (χ3n) is 1.47.